The second kappa shape index (κ2) is 7.08. The predicted octanol–water partition coefficient (Wildman–Crippen LogP) is 4.94. The lowest BCUT2D eigenvalue weighted by Crippen LogP contribution is -2.39. The molecule has 1 unspecified atom stereocenters. The lowest BCUT2D eigenvalue weighted by molar-refractivity contribution is 0.0946. The third-order valence-corrected chi connectivity index (χ3v) is 4.85. The van der Waals surface area contributed by atoms with Gasteiger partial charge < -0.3 is 9.72 Å². The Hall–Kier alpha value is -3.01. The first kappa shape index (κ1) is 16.5. The maximum absolute atomic E-state index is 12.5. The van der Waals surface area contributed by atoms with Crippen LogP contribution in [0.1, 0.15) is 29.8 Å². The highest BCUT2D eigenvalue weighted by molar-refractivity contribution is 5.86. The summed E-state index contributed by atoms with van der Waals surface area (Å²) in [5.74, 6) is 0. The fourth-order valence-electron chi connectivity index (χ4n) is 3.65. The van der Waals surface area contributed by atoms with Gasteiger partial charge in [-0.15, -0.1) is 0 Å². The fraction of sp³-hybridized carbons (Fsp3) is 0.227. The first-order chi connectivity index (χ1) is 12.8. The number of carbonyl (C=O) groups is 1. The van der Waals surface area contributed by atoms with Crippen molar-refractivity contribution in [1.29, 1.82) is 0 Å². The van der Waals surface area contributed by atoms with Crippen LogP contribution >= 0.6 is 0 Å². The quantitative estimate of drug-likeness (QED) is 0.730. The molecule has 132 valence electrons. The van der Waals surface area contributed by atoms with Gasteiger partial charge in [0.2, 0.25) is 0 Å². The Morgan fingerprint density at radius 2 is 1.96 bits per heavy atom. The summed E-state index contributed by atoms with van der Waals surface area (Å²) in [5, 5.41) is 1.24. The molecule has 1 aliphatic rings. The van der Waals surface area contributed by atoms with Gasteiger partial charge in [0, 0.05) is 23.1 Å². The zero-order valence-electron chi connectivity index (χ0n) is 14.8. The van der Waals surface area contributed by atoms with E-state index in [9.17, 15) is 4.79 Å². The summed E-state index contributed by atoms with van der Waals surface area (Å²) in [7, 11) is 0. The average Bonchev–Trinajstić information content (AvgIpc) is 3.06. The maximum atomic E-state index is 12.5. The predicted molar refractivity (Wildman–Crippen MR) is 104 cm³/mol. The topological polar surface area (TPSA) is 45.3 Å². The molecule has 1 N–H and O–H groups in total. The zero-order chi connectivity index (χ0) is 17.9. The average molecular weight is 346 g/mol. The van der Waals surface area contributed by atoms with Crippen molar-refractivity contribution in [2.75, 3.05) is 13.2 Å². The molecular formula is C22H22N2O2. The number of nitrogens with zero attached hydrogens (tertiary/aromatic N) is 1. The third kappa shape index (κ3) is 2.99. The zero-order valence-corrected chi connectivity index (χ0v) is 14.8. The van der Waals surface area contributed by atoms with E-state index in [1.54, 1.807) is 4.90 Å². The van der Waals surface area contributed by atoms with Crippen molar-refractivity contribution in [3.63, 3.8) is 0 Å². The highest BCUT2D eigenvalue weighted by atomic mass is 16.6. The van der Waals surface area contributed by atoms with Crippen LogP contribution in [0.2, 0.25) is 0 Å². The van der Waals surface area contributed by atoms with E-state index in [0.717, 1.165) is 23.2 Å². The molecule has 1 amide bonds. The number of para-hydroxylation sites is 1. The van der Waals surface area contributed by atoms with E-state index < -0.39 is 0 Å². The maximum Gasteiger partial charge on any atom is 0.410 e. The van der Waals surface area contributed by atoms with Gasteiger partial charge in [-0.2, -0.15) is 0 Å². The summed E-state index contributed by atoms with van der Waals surface area (Å²) in [6.45, 7) is 2.87. The number of rotatable bonds is 3. The largest absolute Gasteiger partial charge is 0.450 e. The molecule has 2 heterocycles. The van der Waals surface area contributed by atoms with Crippen molar-refractivity contribution in [2.24, 2.45) is 0 Å². The van der Waals surface area contributed by atoms with E-state index in [4.69, 9.17) is 4.74 Å². The number of carbonyl (C=O) groups excluding carboxylic acids is 1. The van der Waals surface area contributed by atoms with Gasteiger partial charge in [0.25, 0.3) is 0 Å². The van der Waals surface area contributed by atoms with E-state index in [2.05, 4.69) is 47.5 Å². The first-order valence-corrected chi connectivity index (χ1v) is 9.04. The number of fused-ring (bicyclic) bond motifs is 3. The molecule has 2 aromatic carbocycles. The summed E-state index contributed by atoms with van der Waals surface area (Å²) in [6.07, 6.45) is 4.71. The number of ether oxygens (including phenoxy) is 1. The van der Waals surface area contributed by atoms with Gasteiger partial charge >= 0.3 is 6.09 Å². The molecule has 0 saturated carbocycles. The molecule has 26 heavy (non-hydrogen) atoms. The number of aromatic amines is 1. The molecule has 0 bridgehead atoms. The molecule has 0 fully saturated rings. The minimum atomic E-state index is -0.264. The fourth-order valence-corrected chi connectivity index (χ4v) is 3.65. The number of aromatic nitrogens is 1. The normalized spacial score (nSPS) is 16.8. The number of nitrogens with one attached hydrogen (secondary N) is 1. The van der Waals surface area contributed by atoms with Crippen LogP contribution in [0.3, 0.4) is 0 Å². The van der Waals surface area contributed by atoms with Crippen LogP contribution in [0, 0.1) is 0 Å². The number of H-pyrrole nitrogens is 1. The molecule has 1 atom stereocenters. The summed E-state index contributed by atoms with van der Waals surface area (Å²) in [6, 6.07) is 18.3. The summed E-state index contributed by atoms with van der Waals surface area (Å²) in [4.78, 5) is 17.8. The van der Waals surface area contributed by atoms with Crippen molar-refractivity contribution in [2.45, 2.75) is 19.4 Å². The lowest BCUT2D eigenvalue weighted by atomic mass is 9.97. The van der Waals surface area contributed by atoms with E-state index in [-0.39, 0.29) is 12.1 Å². The smallest absolute Gasteiger partial charge is 0.410 e. The molecule has 1 aliphatic heterocycles. The van der Waals surface area contributed by atoms with Gasteiger partial charge in [0.1, 0.15) is 0 Å². The van der Waals surface area contributed by atoms with Crippen molar-refractivity contribution < 1.29 is 9.53 Å². The third-order valence-electron chi connectivity index (χ3n) is 4.85. The minimum absolute atomic E-state index is 0.162. The number of hydrogen-bond donors (Lipinski definition) is 1. The second-order valence-electron chi connectivity index (χ2n) is 6.42. The van der Waals surface area contributed by atoms with Crippen LogP contribution in [-0.2, 0) is 11.2 Å². The lowest BCUT2D eigenvalue weighted by Gasteiger charge is -2.33. The van der Waals surface area contributed by atoms with E-state index >= 15 is 0 Å². The van der Waals surface area contributed by atoms with Gasteiger partial charge in [-0.1, -0.05) is 60.7 Å². The van der Waals surface area contributed by atoms with Crippen molar-refractivity contribution in [3.05, 3.63) is 77.5 Å². The van der Waals surface area contributed by atoms with Gasteiger partial charge in [0.05, 0.1) is 12.6 Å². The highest BCUT2D eigenvalue weighted by Gasteiger charge is 2.32. The Labute approximate surface area is 153 Å². The first-order valence-electron chi connectivity index (χ1n) is 9.04. The monoisotopic (exact) mass is 346 g/mol. The van der Waals surface area contributed by atoms with Crippen molar-refractivity contribution in [3.8, 4) is 0 Å². The molecule has 0 spiro atoms. The van der Waals surface area contributed by atoms with Crippen LogP contribution < -0.4 is 0 Å². The molecule has 4 nitrogen and oxygen atoms in total. The SMILES string of the molecule is CCOC(=O)N1CCc2c([nH]c3ccccc23)C1/C=C/c1ccccc1. The Morgan fingerprint density at radius 3 is 2.77 bits per heavy atom. The summed E-state index contributed by atoms with van der Waals surface area (Å²) < 4.78 is 5.29. The van der Waals surface area contributed by atoms with Gasteiger partial charge in [-0.25, -0.2) is 4.79 Å². The van der Waals surface area contributed by atoms with Gasteiger partial charge in [-0.3, -0.25) is 4.90 Å². The Balaban J connectivity index is 1.76. The van der Waals surface area contributed by atoms with Crippen LogP contribution in [-0.4, -0.2) is 29.1 Å². The Kier molecular flexibility index (Phi) is 4.48. The van der Waals surface area contributed by atoms with E-state index in [1.165, 1.54) is 10.9 Å². The summed E-state index contributed by atoms with van der Waals surface area (Å²) >= 11 is 0. The minimum Gasteiger partial charge on any atom is -0.450 e. The van der Waals surface area contributed by atoms with E-state index in [1.807, 2.05) is 31.2 Å². The van der Waals surface area contributed by atoms with E-state index in [0.29, 0.717) is 13.2 Å². The molecule has 0 saturated heterocycles. The van der Waals surface area contributed by atoms with Crippen molar-refractivity contribution in [1.82, 2.24) is 9.88 Å². The molecule has 0 aliphatic carbocycles. The Bertz CT molecular complexity index is 943. The molecule has 4 rings (SSSR count). The van der Waals surface area contributed by atoms with Gasteiger partial charge in [0.15, 0.2) is 0 Å². The van der Waals surface area contributed by atoms with Gasteiger partial charge in [-0.05, 0) is 30.5 Å². The van der Waals surface area contributed by atoms with Crippen molar-refractivity contribution >= 4 is 23.1 Å². The molecule has 3 aromatic rings. The van der Waals surface area contributed by atoms with Crippen LogP contribution in [0.4, 0.5) is 4.79 Å². The molecule has 0 radical (unpaired) electrons. The number of benzene rings is 2. The Morgan fingerprint density at radius 1 is 1.19 bits per heavy atom. The number of amides is 1. The van der Waals surface area contributed by atoms with Crippen LogP contribution in [0.15, 0.2) is 60.7 Å². The molecule has 4 heteroatoms. The number of hydrogen-bond acceptors (Lipinski definition) is 2. The summed E-state index contributed by atoms with van der Waals surface area (Å²) in [5.41, 5.74) is 4.60. The van der Waals surface area contributed by atoms with Crippen LogP contribution in [0.5, 0.6) is 0 Å². The van der Waals surface area contributed by atoms with Crippen LogP contribution in [0.25, 0.3) is 17.0 Å². The molecule has 1 aromatic heterocycles. The highest BCUT2D eigenvalue weighted by Crippen LogP contribution is 2.36. The standard InChI is InChI=1S/C22H22N2O2/c1-2-26-22(25)24-15-14-18-17-10-6-7-11-19(17)23-21(18)20(24)13-12-16-8-4-3-5-9-16/h3-13,20,23H,2,14-15H2,1H3/b13-12+. The molecular weight excluding hydrogens is 324 g/mol. The second-order valence-corrected chi connectivity index (χ2v) is 6.42.